The smallest absolute Gasteiger partial charge is 0.337 e. The van der Waals surface area contributed by atoms with Crippen LogP contribution >= 0.6 is 0 Å². The number of benzene rings is 2. The summed E-state index contributed by atoms with van der Waals surface area (Å²) in [6.45, 7) is 0. The fourth-order valence-electron chi connectivity index (χ4n) is 6.81. The normalized spacial score (nSPS) is 27.8. The van der Waals surface area contributed by atoms with Gasteiger partial charge in [-0.2, -0.15) is 0 Å². The van der Waals surface area contributed by atoms with Gasteiger partial charge in [-0.3, -0.25) is 4.79 Å². The van der Waals surface area contributed by atoms with Crippen LogP contribution in [0.25, 0.3) is 0 Å². The van der Waals surface area contributed by atoms with Crippen molar-refractivity contribution in [3.8, 4) is 5.75 Å². The SMILES string of the molecule is COC(=O)c1ccc(N)c(NC(=O)c2ccc(OC)c(C34CC5CC(CC(C5)C3)C4)c2)c1. The average molecular weight is 435 g/mol. The van der Waals surface area contributed by atoms with Gasteiger partial charge < -0.3 is 20.5 Å². The third-order valence-electron chi connectivity index (χ3n) is 7.79. The van der Waals surface area contributed by atoms with Crippen molar-refractivity contribution in [1.29, 1.82) is 0 Å². The highest BCUT2D eigenvalue weighted by atomic mass is 16.5. The largest absolute Gasteiger partial charge is 0.496 e. The summed E-state index contributed by atoms with van der Waals surface area (Å²) in [4.78, 5) is 25.0. The van der Waals surface area contributed by atoms with Crippen LogP contribution in [0.5, 0.6) is 5.75 Å². The summed E-state index contributed by atoms with van der Waals surface area (Å²) in [5.41, 5.74) is 9.02. The lowest BCUT2D eigenvalue weighted by atomic mass is 9.48. The van der Waals surface area contributed by atoms with Crippen LogP contribution in [0.15, 0.2) is 36.4 Å². The maximum Gasteiger partial charge on any atom is 0.337 e. The van der Waals surface area contributed by atoms with E-state index in [-0.39, 0.29) is 11.3 Å². The van der Waals surface area contributed by atoms with Crippen molar-refractivity contribution in [3.05, 3.63) is 53.1 Å². The van der Waals surface area contributed by atoms with Crippen molar-refractivity contribution in [2.24, 2.45) is 17.8 Å². The molecule has 0 atom stereocenters. The summed E-state index contributed by atoms with van der Waals surface area (Å²) >= 11 is 0. The minimum Gasteiger partial charge on any atom is -0.496 e. The van der Waals surface area contributed by atoms with E-state index in [0.29, 0.717) is 22.5 Å². The summed E-state index contributed by atoms with van der Waals surface area (Å²) in [7, 11) is 3.03. The van der Waals surface area contributed by atoms with E-state index in [0.717, 1.165) is 23.5 Å². The molecule has 3 N–H and O–H groups in total. The molecular weight excluding hydrogens is 404 g/mol. The van der Waals surface area contributed by atoms with Gasteiger partial charge in [0.05, 0.1) is 31.2 Å². The molecular formula is C26H30N2O4. The van der Waals surface area contributed by atoms with Crippen LogP contribution in [0.2, 0.25) is 0 Å². The zero-order valence-corrected chi connectivity index (χ0v) is 18.6. The Balaban J connectivity index is 1.46. The van der Waals surface area contributed by atoms with Gasteiger partial charge >= 0.3 is 5.97 Å². The molecule has 4 fully saturated rings. The van der Waals surface area contributed by atoms with Crippen molar-refractivity contribution < 1.29 is 19.1 Å². The molecule has 4 aliphatic carbocycles. The van der Waals surface area contributed by atoms with Gasteiger partial charge in [0.15, 0.2) is 0 Å². The minimum absolute atomic E-state index is 0.111. The van der Waals surface area contributed by atoms with E-state index in [1.165, 1.54) is 51.2 Å². The van der Waals surface area contributed by atoms with Crippen molar-refractivity contribution in [2.75, 3.05) is 25.3 Å². The maximum atomic E-state index is 13.2. The number of anilines is 2. The number of nitrogens with one attached hydrogen (secondary N) is 1. The Labute approximate surface area is 188 Å². The zero-order valence-electron chi connectivity index (χ0n) is 18.6. The summed E-state index contributed by atoms with van der Waals surface area (Å²) in [6.07, 6.45) is 7.64. The van der Waals surface area contributed by atoms with Gasteiger partial charge in [-0.25, -0.2) is 4.79 Å². The van der Waals surface area contributed by atoms with Crippen LogP contribution in [0.1, 0.15) is 64.8 Å². The second-order valence-electron chi connectivity index (χ2n) is 9.86. The quantitative estimate of drug-likeness (QED) is 0.522. The van der Waals surface area contributed by atoms with Crippen molar-refractivity contribution >= 4 is 23.3 Å². The number of rotatable bonds is 5. The first-order chi connectivity index (χ1) is 15.4. The Kier molecular flexibility index (Phi) is 5.11. The van der Waals surface area contributed by atoms with Gasteiger partial charge in [-0.1, -0.05) is 0 Å². The highest BCUT2D eigenvalue weighted by Gasteiger charge is 2.52. The predicted octanol–water partition coefficient (Wildman–Crippen LogP) is 4.78. The molecule has 0 saturated heterocycles. The van der Waals surface area contributed by atoms with Crippen molar-refractivity contribution in [2.45, 2.75) is 43.9 Å². The average Bonchev–Trinajstić information content (AvgIpc) is 2.78. The van der Waals surface area contributed by atoms with Gasteiger partial charge in [0.1, 0.15) is 5.75 Å². The molecule has 0 unspecified atom stereocenters. The Morgan fingerprint density at radius 1 is 0.938 bits per heavy atom. The molecule has 6 heteroatoms. The molecule has 0 aromatic heterocycles. The van der Waals surface area contributed by atoms with Crippen LogP contribution in [-0.4, -0.2) is 26.1 Å². The Hall–Kier alpha value is -3.02. The number of hydrogen-bond acceptors (Lipinski definition) is 5. The fraction of sp³-hybridized carbons (Fsp3) is 0.462. The Morgan fingerprint density at radius 3 is 2.16 bits per heavy atom. The summed E-state index contributed by atoms with van der Waals surface area (Å²) in [5, 5.41) is 2.87. The highest BCUT2D eigenvalue weighted by molar-refractivity contribution is 6.06. The molecule has 0 radical (unpaired) electrons. The van der Waals surface area contributed by atoms with Crippen LogP contribution in [0, 0.1) is 17.8 Å². The second-order valence-corrected chi connectivity index (χ2v) is 9.86. The fourth-order valence-corrected chi connectivity index (χ4v) is 6.81. The van der Waals surface area contributed by atoms with Crippen LogP contribution in [0.4, 0.5) is 11.4 Å². The molecule has 2 aromatic carbocycles. The predicted molar refractivity (Wildman–Crippen MR) is 123 cm³/mol. The molecule has 6 nitrogen and oxygen atoms in total. The van der Waals surface area contributed by atoms with E-state index in [2.05, 4.69) is 5.32 Å². The number of nitrogen functional groups attached to an aromatic ring is 1. The number of hydrogen-bond donors (Lipinski definition) is 2. The van der Waals surface area contributed by atoms with Crippen LogP contribution in [-0.2, 0) is 10.2 Å². The molecule has 4 saturated carbocycles. The number of carbonyl (C=O) groups is 2. The Bertz CT molecular complexity index is 1040. The van der Waals surface area contributed by atoms with E-state index < -0.39 is 5.97 Å². The molecule has 2 aromatic rings. The van der Waals surface area contributed by atoms with E-state index in [9.17, 15) is 9.59 Å². The lowest BCUT2D eigenvalue weighted by molar-refractivity contribution is -0.00617. The minimum atomic E-state index is -0.478. The molecule has 1 amide bonds. The van der Waals surface area contributed by atoms with Crippen LogP contribution < -0.4 is 15.8 Å². The molecule has 6 rings (SSSR count). The molecule has 4 bridgehead atoms. The second kappa shape index (κ2) is 7.84. The summed E-state index contributed by atoms with van der Waals surface area (Å²) in [5.74, 6) is 2.52. The summed E-state index contributed by atoms with van der Waals surface area (Å²) < 4.78 is 10.5. The Morgan fingerprint density at radius 2 is 1.56 bits per heavy atom. The first-order valence-electron chi connectivity index (χ1n) is 11.4. The number of methoxy groups -OCH3 is 2. The van der Waals surface area contributed by atoms with Crippen molar-refractivity contribution in [1.82, 2.24) is 0 Å². The first kappa shape index (κ1) is 20.9. The highest BCUT2D eigenvalue weighted by Crippen LogP contribution is 2.61. The molecule has 168 valence electrons. The van der Waals surface area contributed by atoms with E-state index in [1.54, 1.807) is 31.4 Å². The summed E-state index contributed by atoms with van der Waals surface area (Å²) in [6, 6.07) is 10.4. The number of ether oxygens (including phenoxy) is 2. The maximum absolute atomic E-state index is 13.2. The van der Waals surface area contributed by atoms with Gasteiger partial charge in [0.25, 0.3) is 5.91 Å². The lowest BCUT2D eigenvalue weighted by Crippen LogP contribution is -2.48. The standard InChI is InChI=1S/C26H30N2O4/c1-31-23-6-4-18(24(29)28-22-11-19(25(30)32-2)3-5-21(22)27)10-20(23)26-12-15-7-16(13-26)9-17(8-15)14-26/h3-6,10-11,15-17H,7-9,12-14,27H2,1-2H3,(H,28,29). The lowest BCUT2D eigenvalue weighted by Gasteiger charge is -2.57. The monoisotopic (exact) mass is 434 g/mol. The van der Waals surface area contributed by atoms with Crippen LogP contribution in [0.3, 0.4) is 0 Å². The zero-order chi connectivity index (χ0) is 22.5. The third-order valence-corrected chi connectivity index (χ3v) is 7.79. The van der Waals surface area contributed by atoms with Gasteiger partial charge in [0.2, 0.25) is 0 Å². The van der Waals surface area contributed by atoms with E-state index in [1.807, 2.05) is 12.1 Å². The molecule has 32 heavy (non-hydrogen) atoms. The van der Waals surface area contributed by atoms with Gasteiger partial charge in [0, 0.05) is 11.1 Å². The third kappa shape index (κ3) is 3.51. The van der Waals surface area contributed by atoms with E-state index >= 15 is 0 Å². The molecule has 0 spiro atoms. The van der Waals surface area contributed by atoms with Gasteiger partial charge in [-0.15, -0.1) is 0 Å². The van der Waals surface area contributed by atoms with Crippen molar-refractivity contribution in [3.63, 3.8) is 0 Å². The topological polar surface area (TPSA) is 90.6 Å². The first-order valence-corrected chi connectivity index (χ1v) is 11.4. The molecule has 0 heterocycles. The number of esters is 1. The number of amides is 1. The molecule has 4 aliphatic rings. The van der Waals surface area contributed by atoms with E-state index in [4.69, 9.17) is 15.2 Å². The number of nitrogens with two attached hydrogens (primary N) is 1. The molecule has 0 aliphatic heterocycles. The van der Waals surface area contributed by atoms with Gasteiger partial charge in [-0.05, 0) is 98.1 Å². The number of carbonyl (C=O) groups excluding carboxylic acids is 2.